The van der Waals surface area contributed by atoms with Crippen molar-refractivity contribution in [3.05, 3.63) is 47.6 Å². The molecule has 6 heteroatoms. The van der Waals surface area contributed by atoms with E-state index in [1.165, 1.54) is 6.39 Å². The quantitative estimate of drug-likeness (QED) is 0.802. The van der Waals surface area contributed by atoms with E-state index in [1.54, 1.807) is 24.3 Å². The van der Waals surface area contributed by atoms with Gasteiger partial charge in [-0.2, -0.15) is 4.98 Å². The Balaban J connectivity index is 1.85. The van der Waals surface area contributed by atoms with Crippen molar-refractivity contribution >= 4 is 5.97 Å². The number of nitrogens with zero attached hydrogens (tertiary/aromatic N) is 2. The molecule has 88 valence electrons. The van der Waals surface area contributed by atoms with Crippen molar-refractivity contribution in [3.63, 3.8) is 0 Å². The summed E-state index contributed by atoms with van der Waals surface area (Å²) in [6.45, 7) is 1.13. The Morgan fingerprint density at radius 2 is 2.06 bits per heavy atom. The van der Waals surface area contributed by atoms with Crippen LogP contribution >= 0.6 is 0 Å². The molecule has 0 aliphatic heterocycles. The SMILES string of the molecule is O=C(O)c1ccc(CNCc2ncon2)cc1. The number of rotatable bonds is 5. The number of nitrogens with one attached hydrogen (secondary N) is 1. The zero-order valence-electron chi connectivity index (χ0n) is 8.96. The minimum atomic E-state index is -0.920. The normalized spacial score (nSPS) is 10.4. The van der Waals surface area contributed by atoms with Gasteiger partial charge >= 0.3 is 5.97 Å². The van der Waals surface area contributed by atoms with E-state index in [1.807, 2.05) is 0 Å². The summed E-state index contributed by atoms with van der Waals surface area (Å²) >= 11 is 0. The lowest BCUT2D eigenvalue weighted by atomic mass is 10.1. The number of benzene rings is 1. The molecule has 0 atom stereocenters. The third-order valence-electron chi connectivity index (χ3n) is 2.22. The first-order chi connectivity index (χ1) is 8.25. The summed E-state index contributed by atoms with van der Waals surface area (Å²) in [5.74, 6) is -0.330. The molecule has 2 N–H and O–H groups in total. The number of hydrogen-bond acceptors (Lipinski definition) is 5. The fourth-order valence-corrected chi connectivity index (χ4v) is 1.35. The van der Waals surface area contributed by atoms with Crippen LogP contribution < -0.4 is 5.32 Å². The Morgan fingerprint density at radius 3 is 2.65 bits per heavy atom. The minimum absolute atomic E-state index is 0.284. The number of carbonyl (C=O) groups is 1. The first-order valence-corrected chi connectivity index (χ1v) is 5.04. The van der Waals surface area contributed by atoms with Crippen LogP contribution in [0.25, 0.3) is 0 Å². The van der Waals surface area contributed by atoms with Crippen LogP contribution in [0.15, 0.2) is 35.2 Å². The standard InChI is InChI=1S/C11H11N3O3/c15-11(16)9-3-1-8(2-4-9)5-12-6-10-13-7-17-14-10/h1-4,7,12H,5-6H2,(H,15,16). The van der Waals surface area contributed by atoms with E-state index in [-0.39, 0.29) is 5.56 Å². The number of hydrogen-bond donors (Lipinski definition) is 2. The van der Waals surface area contributed by atoms with Gasteiger partial charge in [0.05, 0.1) is 12.1 Å². The van der Waals surface area contributed by atoms with Gasteiger partial charge in [0.2, 0.25) is 6.39 Å². The van der Waals surface area contributed by atoms with Gasteiger partial charge in [-0.05, 0) is 17.7 Å². The topological polar surface area (TPSA) is 88.2 Å². The predicted molar refractivity (Wildman–Crippen MR) is 58.2 cm³/mol. The minimum Gasteiger partial charge on any atom is -0.478 e. The average Bonchev–Trinajstić information content (AvgIpc) is 2.83. The lowest BCUT2D eigenvalue weighted by molar-refractivity contribution is 0.0697. The van der Waals surface area contributed by atoms with E-state index in [0.29, 0.717) is 18.9 Å². The molecule has 2 rings (SSSR count). The number of aromatic nitrogens is 2. The van der Waals surface area contributed by atoms with Gasteiger partial charge in [-0.1, -0.05) is 17.3 Å². The van der Waals surface area contributed by atoms with Gasteiger partial charge in [-0.15, -0.1) is 0 Å². The lowest BCUT2D eigenvalue weighted by Gasteiger charge is -2.02. The van der Waals surface area contributed by atoms with Gasteiger partial charge in [-0.25, -0.2) is 4.79 Å². The van der Waals surface area contributed by atoms with Crippen molar-refractivity contribution in [2.75, 3.05) is 0 Å². The van der Waals surface area contributed by atoms with Crippen LogP contribution in [0.2, 0.25) is 0 Å². The smallest absolute Gasteiger partial charge is 0.335 e. The highest BCUT2D eigenvalue weighted by atomic mass is 16.5. The second-order valence-corrected chi connectivity index (χ2v) is 3.45. The maximum absolute atomic E-state index is 10.6. The zero-order valence-corrected chi connectivity index (χ0v) is 8.96. The second kappa shape index (κ2) is 5.22. The van der Waals surface area contributed by atoms with Crippen molar-refractivity contribution in [1.29, 1.82) is 0 Å². The Bertz CT molecular complexity index is 479. The van der Waals surface area contributed by atoms with Crippen LogP contribution in [-0.4, -0.2) is 21.2 Å². The Labute approximate surface area is 97.3 Å². The van der Waals surface area contributed by atoms with Crippen LogP contribution in [0.5, 0.6) is 0 Å². The van der Waals surface area contributed by atoms with Crippen LogP contribution in [0.1, 0.15) is 21.7 Å². The van der Waals surface area contributed by atoms with Crippen LogP contribution in [-0.2, 0) is 13.1 Å². The van der Waals surface area contributed by atoms with E-state index < -0.39 is 5.97 Å². The van der Waals surface area contributed by atoms with E-state index in [4.69, 9.17) is 5.11 Å². The molecule has 0 aliphatic rings. The van der Waals surface area contributed by atoms with Gasteiger partial charge in [0.1, 0.15) is 0 Å². The molecule has 17 heavy (non-hydrogen) atoms. The molecule has 6 nitrogen and oxygen atoms in total. The molecule has 1 aromatic carbocycles. The highest BCUT2D eigenvalue weighted by Crippen LogP contribution is 2.04. The fourth-order valence-electron chi connectivity index (χ4n) is 1.35. The molecule has 1 aromatic heterocycles. The molecule has 1 heterocycles. The number of aromatic carboxylic acids is 1. The lowest BCUT2D eigenvalue weighted by Crippen LogP contribution is -2.13. The van der Waals surface area contributed by atoms with Gasteiger partial charge in [0.25, 0.3) is 0 Å². The van der Waals surface area contributed by atoms with E-state index in [9.17, 15) is 4.79 Å². The number of carboxylic acid groups (broad SMARTS) is 1. The maximum atomic E-state index is 10.6. The van der Waals surface area contributed by atoms with Crippen molar-refractivity contribution in [3.8, 4) is 0 Å². The monoisotopic (exact) mass is 233 g/mol. The second-order valence-electron chi connectivity index (χ2n) is 3.45. The summed E-state index contributed by atoms with van der Waals surface area (Å²) in [6, 6.07) is 6.70. The first-order valence-electron chi connectivity index (χ1n) is 5.04. The van der Waals surface area contributed by atoms with Gasteiger partial charge in [-0.3, -0.25) is 0 Å². The fraction of sp³-hybridized carbons (Fsp3) is 0.182. The van der Waals surface area contributed by atoms with E-state index in [2.05, 4.69) is 20.0 Å². The molecule has 0 fully saturated rings. The molecule has 0 bridgehead atoms. The van der Waals surface area contributed by atoms with E-state index >= 15 is 0 Å². The summed E-state index contributed by atoms with van der Waals surface area (Å²) in [5.41, 5.74) is 1.28. The van der Waals surface area contributed by atoms with Crippen molar-refractivity contribution in [2.45, 2.75) is 13.1 Å². The van der Waals surface area contributed by atoms with E-state index in [0.717, 1.165) is 5.56 Å². The average molecular weight is 233 g/mol. The van der Waals surface area contributed by atoms with Crippen molar-refractivity contribution in [2.24, 2.45) is 0 Å². The van der Waals surface area contributed by atoms with Gasteiger partial charge in [0, 0.05) is 6.54 Å². The molecule has 0 saturated heterocycles. The van der Waals surface area contributed by atoms with Gasteiger partial charge < -0.3 is 14.9 Å². The van der Waals surface area contributed by atoms with Crippen LogP contribution in [0.3, 0.4) is 0 Å². The Hall–Kier alpha value is -2.21. The summed E-state index contributed by atoms with van der Waals surface area (Å²) in [6.07, 6.45) is 1.28. The first kappa shape index (κ1) is 11.3. The molecule has 0 aliphatic carbocycles. The summed E-state index contributed by atoms with van der Waals surface area (Å²) in [7, 11) is 0. The predicted octanol–water partition coefficient (Wildman–Crippen LogP) is 1.06. The summed E-state index contributed by atoms with van der Waals surface area (Å²) in [4.78, 5) is 14.5. The molecule has 0 unspecified atom stereocenters. The van der Waals surface area contributed by atoms with Crippen LogP contribution in [0, 0.1) is 0 Å². The molecule has 2 aromatic rings. The van der Waals surface area contributed by atoms with Crippen molar-refractivity contribution < 1.29 is 14.4 Å². The zero-order chi connectivity index (χ0) is 12.1. The molecule has 0 spiro atoms. The Kier molecular flexibility index (Phi) is 3.46. The summed E-state index contributed by atoms with van der Waals surface area (Å²) < 4.78 is 4.59. The molecule has 0 amide bonds. The third kappa shape index (κ3) is 3.12. The van der Waals surface area contributed by atoms with Crippen LogP contribution in [0.4, 0.5) is 0 Å². The highest BCUT2D eigenvalue weighted by molar-refractivity contribution is 5.87. The maximum Gasteiger partial charge on any atom is 0.335 e. The highest BCUT2D eigenvalue weighted by Gasteiger charge is 2.02. The molecular formula is C11H11N3O3. The molecule has 0 saturated carbocycles. The molecular weight excluding hydrogens is 222 g/mol. The summed E-state index contributed by atoms with van der Waals surface area (Å²) in [5, 5.41) is 15.5. The van der Waals surface area contributed by atoms with Gasteiger partial charge in [0.15, 0.2) is 5.82 Å². The van der Waals surface area contributed by atoms with Crippen molar-refractivity contribution in [1.82, 2.24) is 15.5 Å². The third-order valence-corrected chi connectivity index (χ3v) is 2.22. The molecule has 0 radical (unpaired) electrons. The largest absolute Gasteiger partial charge is 0.478 e. The number of carboxylic acids is 1. The Morgan fingerprint density at radius 1 is 1.29 bits per heavy atom.